The molecule has 17 heavy (non-hydrogen) atoms. The Bertz CT molecular complexity index is 344. The lowest BCUT2D eigenvalue weighted by Gasteiger charge is -2.10. The number of aryl methyl sites for hydroxylation is 1. The standard InChI is InChI=1S/C9H14F3N5/c1-2-6-15-7(5-8(16-6)17-13)14-4-3-9(10,11)12/h5H,2-4,13H2,1H3,(H2,14,15,16,17). The fraction of sp³-hybridized carbons (Fsp3) is 0.556. The third kappa shape index (κ3) is 4.85. The van der Waals surface area contributed by atoms with Crippen molar-refractivity contribution in [1.82, 2.24) is 9.97 Å². The molecule has 1 rings (SSSR count). The van der Waals surface area contributed by atoms with E-state index in [1.165, 1.54) is 6.07 Å². The highest BCUT2D eigenvalue weighted by Crippen LogP contribution is 2.19. The third-order valence-corrected chi connectivity index (χ3v) is 1.95. The minimum atomic E-state index is -4.18. The second-order valence-corrected chi connectivity index (χ2v) is 3.34. The van der Waals surface area contributed by atoms with Crippen molar-refractivity contribution >= 4 is 11.6 Å². The molecule has 0 radical (unpaired) electrons. The lowest BCUT2D eigenvalue weighted by molar-refractivity contribution is -0.131. The van der Waals surface area contributed by atoms with Crippen molar-refractivity contribution in [3.8, 4) is 0 Å². The molecule has 0 amide bonds. The number of anilines is 2. The van der Waals surface area contributed by atoms with Crippen LogP contribution < -0.4 is 16.6 Å². The molecule has 96 valence electrons. The maximum atomic E-state index is 11.9. The van der Waals surface area contributed by atoms with Crippen LogP contribution in [0.1, 0.15) is 19.2 Å². The first-order valence-corrected chi connectivity index (χ1v) is 5.10. The van der Waals surface area contributed by atoms with Gasteiger partial charge in [0.1, 0.15) is 17.5 Å². The van der Waals surface area contributed by atoms with E-state index >= 15 is 0 Å². The number of nitrogens with zero attached hydrogens (tertiary/aromatic N) is 2. The Morgan fingerprint density at radius 1 is 1.29 bits per heavy atom. The van der Waals surface area contributed by atoms with Gasteiger partial charge in [0.25, 0.3) is 0 Å². The molecule has 1 heterocycles. The van der Waals surface area contributed by atoms with Crippen LogP contribution in [-0.4, -0.2) is 22.7 Å². The molecular weight excluding hydrogens is 235 g/mol. The minimum absolute atomic E-state index is 0.228. The first-order chi connectivity index (χ1) is 7.94. The van der Waals surface area contributed by atoms with E-state index in [4.69, 9.17) is 5.84 Å². The van der Waals surface area contributed by atoms with Gasteiger partial charge < -0.3 is 10.7 Å². The Kier molecular flexibility index (Phi) is 4.50. The van der Waals surface area contributed by atoms with Crippen LogP contribution in [0.2, 0.25) is 0 Å². The first-order valence-electron chi connectivity index (χ1n) is 5.10. The molecule has 1 aromatic heterocycles. The zero-order valence-electron chi connectivity index (χ0n) is 9.30. The topological polar surface area (TPSA) is 75.9 Å². The van der Waals surface area contributed by atoms with Crippen LogP contribution in [0.15, 0.2) is 6.07 Å². The maximum absolute atomic E-state index is 11.9. The van der Waals surface area contributed by atoms with Crippen molar-refractivity contribution in [2.45, 2.75) is 25.9 Å². The fourth-order valence-electron chi connectivity index (χ4n) is 1.15. The van der Waals surface area contributed by atoms with E-state index in [1.54, 1.807) is 0 Å². The van der Waals surface area contributed by atoms with Gasteiger partial charge in [-0.25, -0.2) is 15.8 Å². The molecule has 0 bridgehead atoms. The largest absolute Gasteiger partial charge is 0.390 e. The Hall–Kier alpha value is -1.57. The van der Waals surface area contributed by atoms with Gasteiger partial charge in [0.05, 0.1) is 6.42 Å². The molecule has 0 atom stereocenters. The number of halogens is 3. The molecular formula is C9H14F3N5. The number of rotatable bonds is 5. The molecule has 0 saturated carbocycles. The second-order valence-electron chi connectivity index (χ2n) is 3.34. The molecule has 0 fully saturated rings. The summed E-state index contributed by atoms with van der Waals surface area (Å²) < 4.78 is 35.8. The van der Waals surface area contributed by atoms with E-state index in [2.05, 4.69) is 20.7 Å². The Morgan fingerprint density at radius 3 is 2.47 bits per heavy atom. The van der Waals surface area contributed by atoms with Gasteiger partial charge in [-0.3, -0.25) is 0 Å². The van der Waals surface area contributed by atoms with Crippen molar-refractivity contribution < 1.29 is 13.2 Å². The Balaban J connectivity index is 2.64. The van der Waals surface area contributed by atoms with Crippen molar-refractivity contribution in [2.75, 3.05) is 17.3 Å². The van der Waals surface area contributed by atoms with Crippen LogP contribution in [0.25, 0.3) is 0 Å². The van der Waals surface area contributed by atoms with Gasteiger partial charge in [-0.05, 0) is 0 Å². The summed E-state index contributed by atoms with van der Waals surface area (Å²) in [4.78, 5) is 8.05. The van der Waals surface area contributed by atoms with Crippen LogP contribution in [0.4, 0.5) is 24.8 Å². The predicted octanol–water partition coefficient (Wildman–Crippen LogP) is 1.69. The average molecular weight is 249 g/mol. The number of alkyl halides is 3. The number of nitrogen functional groups attached to an aromatic ring is 1. The van der Waals surface area contributed by atoms with Crippen molar-refractivity contribution in [3.63, 3.8) is 0 Å². The number of hydrazine groups is 1. The Morgan fingerprint density at radius 2 is 1.94 bits per heavy atom. The molecule has 0 aliphatic rings. The van der Waals surface area contributed by atoms with E-state index in [0.717, 1.165) is 0 Å². The van der Waals surface area contributed by atoms with Gasteiger partial charge in [0.15, 0.2) is 0 Å². The predicted molar refractivity (Wildman–Crippen MR) is 58.4 cm³/mol. The zero-order valence-corrected chi connectivity index (χ0v) is 9.30. The molecule has 0 aliphatic carbocycles. The summed E-state index contributed by atoms with van der Waals surface area (Å²) in [6.07, 6.45) is -4.52. The molecule has 0 aromatic carbocycles. The smallest absolute Gasteiger partial charge is 0.370 e. The Labute approximate surface area is 96.6 Å². The summed E-state index contributed by atoms with van der Waals surface area (Å²) in [6.45, 7) is 1.61. The highest BCUT2D eigenvalue weighted by atomic mass is 19.4. The fourth-order valence-corrected chi connectivity index (χ4v) is 1.15. The van der Waals surface area contributed by atoms with Gasteiger partial charge in [0.2, 0.25) is 0 Å². The molecule has 0 unspecified atom stereocenters. The lowest BCUT2D eigenvalue weighted by atomic mass is 10.4. The summed E-state index contributed by atoms with van der Waals surface area (Å²) >= 11 is 0. The molecule has 1 aromatic rings. The number of aromatic nitrogens is 2. The first kappa shape index (κ1) is 13.5. The summed E-state index contributed by atoms with van der Waals surface area (Å²) in [7, 11) is 0. The third-order valence-electron chi connectivity index (χ3n) is 1.95. The molecule has 0 saturated heterocycles. The second kappa shape index (κ2) is 5.67. The number of hydrogen-bond donors (Lipinski definition) is 3. The quantitative estimate of drug-likeness (QED) is 0.547. The monoisotopic (exact) mass is 249 g/mol. The van der Waals surface area contributed by atoms with Crippen LogP contribution in [0.3, 0.4) is 0 Å². The van der Waals surface area contributed by atoms with E-state index in [0.29, 0.717) is 23.9 Å². The average Bonchev–Trinajstić information content (AvgIpc) is 2.26. The van der Waals surface area contributed by atoms with Gasteiger partial charge in [-0.15, -0.1) is 0 Å². The van der Waals surface area contributed by atoms with Crippen LogP contribution in [0, 0.1) is 0 Å². The van der Waals surface area contributed by atoms with Gasteiger partial charge >= 0.3 is 6.18 Å². The SMILES string of the molecule is CCc1nc(NN)cc(NCCC(F)(F)F)n1. The van der Waals surface area contributed by atoms with Crippen LogP contribution in [0.5, 0.6) is 0 Å². The molecule has 8 heteroatoms. The highest BCUT2D eigenvalue weighted by Gasteiger charge is 2.26. The lowest BCUT2D eigenvalue weighted by Crippen LogP contribution is -2.16. The van der Waals surface area contributed by atoms with Crippen LogP contribution >= 0.6 is 0 Å². The van der Waals surface area contributed by atoms with Gasteiger partial charge in [-0.1, -0.05) is 6.92 Å². The van der Waals surface area contributed by atoms with E-state index in [-0.39, 0.29) is 6.54 Å². The summed E-state index contributed by atoms with van der Waals surface area (Å²) in [5.41, 5.74) is 2.34. The summed E-state index contributed by atoms with van der Waals surface area (Å²) in [5, 5.41) is 2.58. The van der Waals surface area contributed by atoms with E-state index in [9.17, 15) is 13.2 Å². The number of hydrogen-bond acceptors (Lipinski definition) is 5. The molecule has 4 N–H and O–H groups in total. The van der Waals surface area contributed by atoms with Crippen molar-refractivity contribution in [3.05, 3.63) is 11.9 Å². The summed E-state index contributed by atoms with van der Waals surface area (Å²) in [6, 6.07) is 1.45. The van der Waals surface area contributed by atoms with E-state index < -0.39 is 12.6 Å². The van der Waals surface area contributed by atoms with Crippen molar-refractivity contribution in [2.24, 2.45) is 5.84 Å². The van der Waals surface area contributed by atoms with Gasteiger partial charge in [-0.2, -0.15) is 13.2 Å². The zero-order chi connectivity index (χ0) is 12.9. The molecule has 5 nitrogen and oxygen atoms in total. The molecule has 0 spiro atoms. The normalized spacial score (nSPS) is 11.4. The van der Waals surface area contributed by atoms with Crippen LogP contribution in [-0.2, 0) is 6.42 Å². The maximum Gasteiger partial charge on any atom is 0.390 e. The van der Waals surface area contributed by atoms with E-state index in [1.807, 2.05) is 6.92 Å². The van der Waals surface area contributed by atoms with Gasteiger partial charge in [0, 0.05) is 19.0 Å². The number of nitrogens with one attached hydrogen (secondary N) is 2. The minimum Gasteiger partial charge on any atom is -0.370 e. The van der Waals surface area contributed by atoms with Crippen molar-refractivity contribution in [1.29, 1.82) is 0 Å². The molecule has 0 aliphatic heterocycles. The summed E-state index contributed by atoms with van der Waals surface area (Å²) in [5.74, 6) is 6.40. The highest BCUT2D eigenvalue weighted by molar-refractivity contribution is 5.46. The number of nitrogens with two attached hydrogens (primary N) is 1.